The fourth-order valence-electron chi connectivity index (χ4n) is 5.29. The maximum absolute atomic E-state index is 13.1. The van der Waals surface area contributed by atoms with Gasteiger partial charge in [-0.3, -0.25) is 9.59 Å². The molecule has 3 heterocycles. The van der Waals surface area contributed by atoms with Gasteiger partial charge in [0.1, 0.15) is 5.69 Å². The zero-order valence-corrected chi connectivity index (χ0v) is 24.7. The SMILES string of the molecule is CN(C)CC=CC(=O)Nc1ccc(C(=O)N[C@@]2(C)CCC[C@H](Nc3ncc(Cl)c(-c4c[nH]c5ccccc45)n3)C2)nc1. The number of carbonyl (C=O) groups excluding carboxylic acids is 2. The number of aromatic nitrogens is 4. The second kappa shape index (κ2) is 12.7. The lowest BCUT2D eigenvalue weighted by atomic mass is 9.80. The molecule has 5 rings (SSSR count). The second-order valence-corrected chi connectivity index (χ2v) is 11.6. The number of anilines is 2. The van der Waals surface area contributed by atoms with Gasteiger partial charge in [-0.15, -0.1) is 0 Å². The molecule has 1 aliphatic rings. The maximum atomic E-state index is 13.1. The van der Waals surface area contributed by atoms with Crippen molar-refractivity contribution < 1.29 is 9.59 Å². The minimum Gasteiger partial charge on any atom is -0.360 e. The van der Waals surface area contributed by atoms with Crippen molar-refractivity contribution in [1.29, 1.82) is 0 Å². The molecule has 0 unspecified atom stereocenters. The highest BCUT2D eigenvalue weighted by Gasteiger charge is 2.34. The van der Waals surface area contributed by atoms with E-state index in [0.717, 1.165) is 35.7 Å². The third-order valence-electron chi connectivity index (χ3n) is 7.32. The van der Waals surface area contributed by atoms with E-state index >= 15 is 0 Å². The molecule has 0 radical (unpaired) electrons. The zero-order valence-electron chi connectivity index (χ0n) is 23.9. The topological polar surface area (TPSA) is 128 Å². The third kappa shape index (κ3) is 7.13. The first-order valence-electron chi connectivity index (χ1n) is 14.0. The van der Waals surface area contributed by atoms with E-state index in [1.165, 1.54) is 12.3 Å². The number of hydrogen-bond donors (Lipinski definition) is 4. The first kappa shape index (κ1) is 29.2. The summed E-state index contributed by atoms with van der Waals surface area (Å²) >= 11 is 6.51. The van der Waals surface area contributed by atoms with E-state index in [1.807, 2.05) is 56.4 Å². The Morgan fingerprint density at radius 3 is 2.79 bits per heavy atom. The number of halogens is 1. The summed E-state index contributed by atoms with van der Waals surface area (Å²) in [6.45, 7) is 2.71. The lowest BCUT2D eigenvalue weighted by Crippen LogP contribution is -2.51. The normalized spacial score (nSPS) is 18.8. The van der Waals surface area contributed by atoms with Crippen LogP contribution in [0, 0.1) is 0 Å². The maximum Gasteiger partial charge on any atom is 0.270 e. The van der Waals surface area contributed by atoms with Crippen LogP contribution in [0.2, 0.25) is 5.02 Å². The van der Waals surface area contributed by atoms with E-state index in [0.29, 0.717) is 35.3 Å². The van der Waals surface area contributed by atoms with Crippen LogP contribution in [-0.4, -0.2) is 68.9 Å². The number of para-hydroxylation sites is 1. The summed E-state index contributed by atoms with van der Waals surface area (Å²) in [7, 11) is 3.85. The Kier molecular flexibility index (Phi) is 8.84. The fourth-order valence-corrected chi connectivity index (χ4v) is 5.49. The zero-order chi connectivity index (χ0) is 29.7. The number of nitrogens with zero attached hydrogens (tertiary/aromatic N) is 4. The Labute approximate surface area is 250 Å². The van der Waals surface area contributed by atoms with E-state index in [-0.39, 0.29) is 23.6 Å². The fraction of sp³-hybridized carbons (Fsp3) is 0.323. The standard InChI is InChI=1S/C31H35ClN8O2/c1-31(39-29(42)26-13-12-21(17-33-26)36-27(41)11-7-15-40(2)3)14-6-8-20(16-31)37-30-35-19-24(32)28(38-30)23-18-34-25-10-5-4-9-22(23)25/h4-5,7,9-13,17-20,34H,6,8,14-16H2,1-3H3,(H,36,41)(H,39,42)(H,35,37,38)/t20-,31-/m0/s1. The van der Waals surface area contributed by atoms with Crippen molar-refractivity contribution in [1.82, 2.24) is 30.2 Å². The van der Waals surface area contributed by atoms with Gasteiger partial charge in [-0.1, -0.05) is 35.9 Å². The molecule has 0 spiro atoms. The number of fused-ring (bicyclic) bond motifs is 1. The summed E-state index contributed by atoms with van der Waals surface area (Å²) in [5.74, 6) is -0.00950. The van der Waals surface area contributed by atoms with E-state index < -0.39 is 5.54 Å². The van der Waals surface area contributed by atoms with Gasteiger partial charge in [-0.25, -0.2) is 15.0 Å². The molecular weight excluding hydrogens is 552 g/mol. The molecule has 1 fully saturated rings. The first-order chi connectivity index (χ1) is 20.2. The average molecular weight is 587 g/mol. The molecule has 2 amide bonds. The highest BCUT2D eigenvalue weighted by molar-refractivity contribution is 6.33. The summed E-state index contributed by atoms with van der Waals surface area (Å²) in [5, 5.41) is 10.9. The molecule has 218 valence electrons. The van der Waals surface area contributed by atoms with Crippen LogP contribution in [0.15, 0.2) is 67.1 Å². The molecule has 0 aliphatic heterocycles. The van der Waals surface area contributed by atoms with Gasteiger partial charge in [0, 0.05) is 46.9 Å². The van der Waals surface area contributed by atoms with E-state index in [2.05, 4.69) is 30.9 Å². The molecule has 3 aromatic heterocycles. The van der Waals surface area contributed by atoms with Crippen molar-refractivity contribution in [2.75, 3.05) is 31.3 Å². The van der Waals surface area contributed by atoms with Crippen molar-refractivity contribution >= 4 is 46.0 Å². The van der Waals surface area contributed by atoms with Gasteiger partial charge in [-0.05, 0) is 64.9 Å². The van der Waals surface area contributed by atoms with Crippen LogP contribution in [-0.2, 0) is 4.79 Å². The van der Waals surface area contributed by atoms with Gasteiger partial charge in [0.2, 0.25) is 11.9 Å². The predicted octanol–water partition coefficient (Wildman–Crippen LogP) is 5.27. The van der Waals surface area contributed by atoms with Gasteiger partial charge in [0.25, 0.3) is 5.91 Å². The van der Waals surface area contributed by atoms with Crippen molar-refractivity contribution in [2.45, 2.75) is 44.2 Å². The van der Waals surface area contributed by atoms with Crippen LogP contribution >= 0.6 is 11.6 Å². The Morgan fingerprint density at radius 2 is 2.00 bits per heavy atom. The van der Waals surface area contributed by atoms with Gasteiger partial charge < -0.3 is 25.8 Å². The molecular formula is C31H35ClN8O2. The molecule has 42 heavy (non-hydrogen) atoms. The van der Waals surface area contributed by atoms with Crippen LogP contribution in [0.25, 0.3) is 22.2 Å². The molecule has 1 aromatic carbocycles. The molecule has 10 nitrogen and oxygen atoms in total. The van der Waals surface area contributed by atoms with E-state index in [4.69, 9.17) is 16.6 Å². The number of likely N-dealkylation sites (N-methyl/N-ethyl adjacent to an activating group) is 1. The summed E-state index contributed by atoms with van der Waals surface area (Å²) in [6, 6.07) is 11.4. The number of amides is 2. The molecule has 4 aromatic rings. The van der Waals surface area contributed by atoms with Crippen LogP contribution in [0.1, 0.15) is 43.1 Å². The molecule has 2 atom stereocenters. The van der Waals surface area contributed by atoms with Crippen molar-refractivity contribution in [3.05, 3.63) is 77.9 Å². The first-order valence-corrected chi connectivity index (χ1v) is 14.3. The Balaban J connectivity index is 1.21. The van der Waals surface area contributed by atoms with Crippen LogP contribution in [0.5, 0.6) is 0 Å². The smallest absolute Gasteiger partial charge is 0.270 e. The number of aromatic amines is 1. The minimum absolute atomic E-state index is 0.0622. The van der Waals surface area contributed by atoms with Crippen LogP contribution < -0.4 is 16.0 Å². The number of benzene rings is 1. The monoisotopic (exact) mass is 586 g/mol. The summed E-state index contributed by atoms with van der Waals surface area (Å²) < 4.78 is 0. The number of hydrogen-bond acceptors (Lipinski definition) is 7. The van der Waals surface area contributed by atoms with Crippen molar-refractivity contribution in [3.8, 4) is 11.3 Å². The van der Waals surface area contributed by atoms with Crippen LogP contribution in [0.3, 0.4) is 0 Å². The highest BCUT2D eigenvalue weighted by atomic mass is 35.5. The van der Waals surface area contributed by atoms with Crippen molar-refractivity contribution in [3.63, 3.8) is 0 Å². The van der Waals surface area contributed by atoms with E-state index in [1.54, 1.807) is 24.4 Å². The highest BCUT2D eigenvalue weighted by Crippen LogP contribution is 2.34. The predicted molar refractivity (Wildman–Crippen MR) is 167 cm³/mol. The summed E-state index contributed by atoms with van der Waals surface area (Å²) in [6.07, 6.45) is 11.7. The van der Waals surface area contributed by atoms with Gasteiger partial charge in [0.15, 0.2) is 0 Å². The van der Waals surface area contributed by atoms with E-state index in [9.17, 15) is 9.59 Å². The second-order valence-electron chi connectivity index (χ2n) is 11.2. The molecule has 11 heteroatoms. The molecule has 0 bridgehead atoms. The Hall–Kier alpha value is -4.28. The Morgan fingerprint density at radius 1 is 1.17 bits per heavy atom. The molecule has 4 N–H and O–H groups in total. The van der Waals surface area contributed by atoms with Gasteiger partial charge >= 0.3 is 0 Å². The molecule has 1 aliphatic carbocycles. The molecule has 0 saturated heterocycles. The quantitative estimate of drug-likeness (QED) is 0.197. The Bertz CT molecular complexity index is 1600. The van der Waals surface area contributed by atoms with Gasteiger partial charge in [0.05, 0.1) is 28.8 Å². The van der Waals surface area contributed by atoms with Gasteiger partial charge in [-0.2, -0.15) is 0 Å². The lowest BCUT2D eigenvalue weighted by Gasteiger charge is -2.39. The number of carbonyl (C=O) groups is 2. The summed E-state index contributed by atoms with van der Waals surface area (Å²) in [5.41, 5.74) is 2.96. The van der Waals surface area contributed by atoms with Crippen molar-refractivity contribution in [2.24, 2.45) is 0 Å². The minimum atomic E-state index is -0.440. The largest absolute Gasteiger partial charge is 0.360 e. The molecule has 1 saturated carbocycles. The number of nitrogens with one attached hydrogen (secondary N) is 4. The number of pyridine rings is 1. The lowest BCUT2D eigenvalue weighted by molar-refractivity contribution is -0.111. The third-order valence-corrected chi connectivity index (χ3v) is 7.60. The summed E-state index contributed by atoms with van der Waals surface area (Å²) in [4.78, 5) is 43.9. The average Bonchev–Trinajstić information content (AvgIpc) is 3.38. The number of H-pyrrole nitrogens is 1. The number of rotatable bonds is 9. The van der Waals surface area contributed by atoms with Crippen LogP contribution in [0.4, 0.5) is 11.6 Å².